The Kier molecular flexibility index (Phi) is 5.81. The van der Waals surface area contributed by atoms with Gasteiger partial charge in [-0.05, 0) is 24.6 Å². The number of benzene rings is 1. The minimum absolute atomic E-state index is 0.174. The second-order valence-electron chi connectivity index (χ2n) is 3.72. The van der Waals surface area contributed by atoms with Crippen LogP contribution >= 0.6 is 15.9 Å². The molecular weight excluding hydrogens is 320 g/mol. The smallest absolute Gasteiger partial charge is 0.319 e. The van der Waals surface area contributed by atoms with Gasteiger partial charge in [-0.15, -0.1) is 0 Å². The highest BCUT2D eigenvalue weighted by Gasteiger charge is 2.23. The van der Waals surface area contributed by atoms with E-state index < -0.39 is 22.0 Å². The third-order valence-corrected chi connectivity index (χ3v) is 4.76. The monoisotopic (exact) mass is 334 g/mol. The molecule has 0 aliphatic rings. The van der Waals surface area contributed by atoms with Gasteiger partial charge in [-0.3, -0.25) is 9.00 Å². The van der Waals surface area contributed by atoms with E-state index in [1.807, 2.05) is 6.07 Å². The lowest BCUT2D eigenvalue weighted by Crippen LogP contribution is -2.25. The van der Waals surface area contributed by atoms with E-state index in [1.165, 1.54) is 7.11 Å². The Morgan fingerprint density at radius 2 is 2.22 bits per heavy atom. The summed E-state index contributed by atoms with van der Waals surface area (Å²) in [5.74, 6) is -0.232. The summed E-state index contributed by atoms with van der Waals surface area (Å²) in [4.78, 5) is 11.0. The van der Waals surface area contributed by atoms with Crippen LogP contribution in [0.25, 0.3) is 0 Å². The van der Waals surface area contributed by atoms with Gasteiger partial charge in [0.2, 0.25) is 0 Å². The van der Waals surface area contributed by atoms with E-state index in [4.69, 9.17) is 9.84 Å². The van der Waals surface area contributed by atoms with E-state index >= 15 is 0 Å². The molecule has 0 aromatic heterocycles. The van der Waals surface area contributed by atoms with Crippen molar-refractivity contribution < 1.29 is 18.8 Å². The number of rotatable bonds is 6. The first kappa shape index (κ1) is 15.2. The molecule has 0 heterocycles. The lowest BCUT2D eigenvalue weighted by atomic mass is 10.2. The van der Waals surface area contributed by atoms with Crippen molar-refractivity contribution in [3.05, 3.63) is 28.2 Å². The molecule has 0 radical (unpaired) electrons. The van der Waals surface area contributed by atoms with Gasteiger partial charge in [0.05, 0.1) is 12.9 Å². The topological polar surface area (TPSA) is 63.6 Å². The minimum Gasteiger partial charge on any atom is -0.496 e. The van der Waals surface area contributed by atoms with Crippen molar-refractivity contribution in [2.24, 2.45) is 0 Å². The molecule has 18 heavy (non-hydrogen) atoms. The molecule has 1 aromatic rings. The number of carboxylic acids is 1. The lowest BCUT2D eigenvalue weighted by Gasteiger charge is -2.12. The highest BCUT2D eigenvalue weighted by atomic mass is 79.9. The van der Waals surface area contributed by atoms with E-state index in [2.05, 4.69) is 15.9 Å². The summed E-state index contributed by atoms with van der Waals surface area (Å²) in [7, 11) is 0.0725. The Morgan fingerprint density at radius 1 is 1.56 bits per heavy atom. The zero-order valence-corrected chi connectivity index (χ0v) is 12.6. The maximum absolute atomic E-state index is 12.0. The first-order valence-electron chi connectivity index (χ1n) is 5.42. The van der Waals surface area contributed by atoms with Gasteiger partial charge >= 0.3 is 5.97 Å². The van der Waals surface area contributed by atoms with E-state index in [-0.39, 0.29) is 5.75 Å². The van der Waals surface area contributed by atoms with Crippen LogP contribution < -0.4 is 4.74 Å². The normalized spacial score (nSPS) is 13.9. The molecule has 0 spiro atoms. The van der Waals surface area contributed by atoms with Gasteiger partial charge in [0, 0.05) is 20.8 Å². The van der Waals surface area contributed by atoms with Crippen LogP contribution in [-0.2, 0) is 21.3 Å². The molecule has 1 aromatic carbocycles. The molecular formula is C12H15BrO4S. The van der Waals surface area contributed by atoms with Gasteiger partial charge in [-0.25, -0.2) is 0 Å². The Balaban J connectivity index is 2.93. The molecule has 0 fully saturated rings. The number of methoxy groups -OCH3 is 1. The van der Waals surface area contributed by atoms with Crippen molar-refractivity contribution in [2.75, 3.05) is 7.11 Å². The average molecular weight is 335 g/mol. The number of hydrogen-bond donors (Lipinski definition) is 1. The molecule has 0 amide bonds. The van der Waals surface area contributed by atoms with Crippen molar-refractivity contribution in [1.82, 2.24) is 0 Å². The van der Waals surface area contributed by atoms with E-state index in [1.54, 1.807) is 19.1 Å². The first-order valence-corrected chi connectivity index (χ1v) is 7.59. The van der Waals surface area contributed by atoms with E-state index in [0.717, 1.165) is 10.0 Å². The van der Waals surface area contributed by atoms with Crippen molar-refractivity contribution in [1.29, 1.82) is 0 Å². The Bertz CT molecular complexity index is 461. The summed E-state index contributed by atoms with van der Waals surface area (Å²) in [6, 6.07) is 5.38. The third kappa shape index (κ3) is 3.81. The van der Waals surface area contributed by atoms with Crippen LogP contribution in [0.3, 0.4) is 0 Å². The summed E-state index contributed by atoms with van der Waals surface area (Å²) in [6.07, 6.45) is 0.345. The standard InChI is InChI=1S/C12H15BrO4S/c1-3-11(12(14)15)18(16)7-8-6-9(13)4-5-10(8)17-2/h4-6,11H,3,7H2,1-2H3,(H,14,15). The zero-order chi connectivity index (χ0) is 13.7. The fourth-order valence-electron chi connectivity index (χ4n) is 1.59. The van der Waals surface area contributed by atoms with Gasteiger partial charge in [-0.1, -0.05) is 22.9 Å². The second kappa shape index (κ2) is 6.89. The maximum Gasteiger partial charge on any atom is 0.319 e. The summed E-state index contributed by atoms with van der Waals surface area (Å²) in [5, 5.41) is 8.13. The van der Waals surface area contributed by atoms with Crippen LogP contribution in [0.1, 0.15) is 18.9 Å². The zero-order valence-electron chi connectivity index (χ0n) is 10.2. The highest BCUT2D eigenvalue weighted by Crippen LogP contribution is 2.25. The van der Waals surface area contributed by atoms with E-state index in [9.17, 15) is 9.00 Å². The summed E-state index contributed by atoms with van der Waals surface area (Å²) in [5.41, 5.74) is 0.741. The molecule has 0 bridgehead atoms. The van der Waals surface area contributed by atoms with E-state index in [0.29, 0.717) is 12.2 Å². The molecule has 0 aliphatic carbocycles. The quantitative estimate of drug-likeness (QED) is 0.868. The van der Waals surface area contributed by atoms with Gasteiger partial charge in [0.1, 0.15) is 11.0 Å². The molecule has 0 aliphatic heterocycles. The van der Waals surface area contributed by atoms with Crippen LogP contribution in [0.5, 0.6) is 5.75 Å². The van der Waals surface area contributed by atoms with Crippen LogP contribution in [0.2, 0.25) is 0 Å². The van der Waals surface area contributed by atoms with Gasteiger partial charge < -0.3 is 9.84 Å². The van der Waals surface area contributed by atoms with Crippen LogP contribution in [0.4, 0.5) is 0 Å². The molecule has 0 saturated heterocycles. The van der Waals surface area contributed by atoms with Crippen LogP contribution in [0, 0.1) is 0 Å². The molecule has 1 rings (SSSR count). The van der Waals surface area contributed by atoms with Crippen LogP contribution in [-0.4, -0.2) is 27.6 Å². The van der Waals surface area contributed by atoms with Crippen molar-refractivity contribution >= 4 is 32.7 Å². The molecule has 100 valence electrons. The Morgan fingerprint density at radius 3 is 2.72 bits per heavy atom. The molecule has 2 atom stereocenters. The fourth-order valence-corrected chi connectivity index (χ4v) is 3.33. The number of aliphatic carboxylic acids is 1. The lowest BCUT2D eigenvalue weighted by molar-refractivity contribution is -0.136. The molecule has 2 unspecified atom stereocenters. The number of hydrogen-bond acceptors (Lipinski definition) is 3. The highest BCUT2D eigenvalue weighted by molar-refractivity contribution is 9.10. The van der Waals surface area contributed by atoms with Gasteiger partial charge in [-0.2, -0.15) is 0 Å². The van der Waals surface area contributed by atoms with Crippen molar-refractivity contribution in [3.63, 3.8) is 0 Å². The number of halogens is 1. The number of carbonyl (C=O) groups is 1. The predicted molar refractivity (Wildman–Crippen MR) is 74.3 cm³/mol. The van der Waals surface area contributed by atoms with Gasteiger partial charge in [0.25, 0.3) is 0 Å². The molecule has 4 nitrogen and oxygen atoms in total. The number of carboxylic acid groups (broad SMARTS) is 1. The van der Waals surface area contributed by atoms with Crippen molar-refractivity contribution in [2.45, 2.75) is 24.3 Å². The SMILES string of the molecule is CCC(C(=O)O)S(=O)Cc1cc(Br)ccc1OC. The fraction of sp³-hybridized carbons (Fsp3) is 0.417. The number of ether oxygens (including phenoxy) is 1. The third-order valence-electron chi connectivity index (χ3n) is 2.50. The minimum atomic E-state index is -1.46. The van der Waals surface area contributed by atoms with Crippen molar-refractivity contribution in [3.8, 4) is 5.75 Å². The first-order chi connectivity index (χ1) is 8.49. The summed E-state index contributed by atoms with van der Waals surface area (Å²) >= 11 is 3.33. The summed E-state index contributed by atoms with van der Waals surface area (Å²) in [6.45, 7) is 1.72. The Hall–Kier alpha value is -0.880. The predicted octanol–water partition coefficient (Wildman–Crippen LogP) is 2.57. The molecule has 0 saturated carbocycles. The molecule has 1 N–H and O–H groups in total. The average Bonchev–Trinajstić information content (AvgIpc) is 2.29. The van der Waals surface area contributed by atoms with Crippen LogP contribution in [0.15, 0.2) is 22.7 Å². The Labute approximate surface area is 117 Å². The molecule has 6 heteroatoms. The largest absolute Gasteiger partial charge is 0.496 e. The maximum atomic E-state index is 12.0. The van der Waals surface area contributed by atoms with Gasteiger partial charge in [0.15, 0.2) is 0 Å². The second-order valence-corrected chi connectivity index (χ2v) is 6.25. The summed E-state index contributed by atoms with van der Waals surface area (Å²) < 4.78 is 18.0.